The molecule has 3 amide bonds. The molecule has 1 atom stereocenters. The Kier molecular flexibility index (Phi) is 4.58. The van der Waals surface area contributed by atoms with Crippen molar-refractivity contribution in [2.75, 3.05) is 20.1 Å². The van der Waals surface area contributed by atoms with Gasteiger partial charge in [-0.25, -0.2) is 4.79 Å². The van der Waals surface area contributed by atoms with E-state index in [2.05, 4.69) is 10.6 Å². The lowest BCUT2D eigenvalue weighted by Crippen LogP contribution is -2.52. The molecule has 1 aliphatic rings. The Morgan fingerprint density at radius 3 is 2.19 bits per heavy atom. The van der Waals surface area contributed by atoms with Gasteiger partial charge in [-0.3, -0.25) is 4.79 Å². The van der Waals surface area contributed by atoms with Gasteiger partial charge >= 0.3 is 6.03 Å². The van der Waals surface area contributed by atoms with Gasteiger partial charge in [0.2, 0.25) is 5.91 Å². The molecule has 1 aliphatic heterocycles. The molecule has 1 unspecified atom stereocenters. The molecule has 0 bridgehead atoms. The third kappa shape index (κ3) is 3.12. The Bertz CT molecular complexity index is 260. The van der Waals surface area contributed by atoms with Crippen molar-refractivity contribution in [3.63, 3.8) is 0 Å². The lowest BCUT2D eigenvalue weighted by atomic mass is 10.0. The summed E-state index contributed by atoms with van der Waals surface area (Å²) in [7, 11) is 1.58. The molecule has 0 aromatic carbocycles. The van der Waals surface area contributed by atoms with Crippen molar-refractivity contribution in [3.8, 4) is 0 Å². The molecule has 0 aliphatic carbocycles. The quantitative estimate of drug-likeness (QED) is 0.740. The first-order valence-electron chi connectivity index (χ1n) is 5.83. The van der Waals surface area contributed by atoms with Crippen LogP contribution in [-0.4, -0.2) is 43.0 Å². The maximum absolute atomic E-state index is 11.8. The van der Waals surface area contributed by atoms with Crippen LogP contribution in [0.2, 0.25) is 0 Å². The van der Waals surface area contributed by atoms with Crippen molar-refractivity contribution in [2.45, 2.75) is 32.7 Å². The lowest BCUT2D eigenvalue weighted by Gasteiger charge is -2.24. The predicted molar refractivity (Wildman–Crippen MR) is 62.0 cm³/mol. The SMILES string of the molecule is CNC(=O)C(NC(=O)N1CCCC1)C(C)C. The molecule has 1 rings (SSSR count). The number of nitrogens with zero attached hydrogens (tertiary/aromatic N) is 1. The van der Waals surface area contributed by atoms with E-state index in [4.69, 9.17) is 0 Å². The fourth-order valence-electron chi connectivity index (χ4n) is 1.83. The first-order chi connectivity index (χ1) is 7.56. The van der Waals surface area contributed by atoms with Crippen LogP contribution in [0.25, 0.3) is 0 Å². The Labute approximate surface area is 96.6 Å². The number of nitrogens with one attached hydrogen (secondary N) is 2. The van der Waals surface area contributed by atoms with Crippen LogP contribution in [0.15, 0.2) is 0 Å². The number of amides is 3. The third-order valence-corrected chi connectivity index (χ3v) is 2.87. The van der Waals surface area contributed by atoms with Crippen molar-refractivity contribution in [1.29, 1.82) is 0 Å². The monoisotopic (exact) mass is 227 g/mol. The minimum atomic E-state index is -0.446. The van der Waals surface area contributed by atoms with Crippen LogP contribution in [0.3, 0.4) is 0 Å². The molecule has 1 saturated heterocycles. The summed E-state index contributed by atoms with van der Waals surface area (Å²) in [5, 5.41) is 5.35. The largest absolute Gasteiger partial charge is 0.357 e. The van der Waals surface area contributed by atoms with E-state index in [-0.39, 0.29) is 17.9 Å². The highest BCUT2D eigenvalue weighted by Crippen LogP contribution is 2.09. The molecule has 0 aromatic heterocycles. The fourth-order valence-corrected chi connectivity index (χ4v) is 1.83. The summed E-state index contributed by atoms with van der Waals surface area (Å²) in [6, 6.07) is -0.571. The molecule has 5 heteroatoms. The molecule has 0 saturated carbocycles. The maximum Gasteiger partial charge on any atom is 0.318 e. The van der Waals surface area contributed by atoms with E-state index in [0.717, 1.165) is 25.9 Å². The van der Waals surface area contributed by atoms with E-state index >= 15 is 0 Å². The third-order valence-electron chi connectivity index (χ3n) is 2.87. The van der Waals surface area contributed by atoms with Crippen LogP contribution < -0.4 is 10.6 Å². The van der Waals surface area contributed by atoms with Crippen molar-refractivity contribution in [3.05, 3.63) is 0 Å². The minimum Gasteiger partial charge on any atom is -0.357 e. The highest BCUT2D eigenvalue weighted by atomic mass is 16.2. The van der Waals surface area contributed by atoms with Gasteiger partial charge in [-0.15, -0.1) is 0 Å². The van der Waals surface area contributed by atoms with E-state index < -0.39 is 6.04 Å². The second-order valence-corrected chi connectivity index (χ2v) is 4.48. The zero-order chi connectivity index (χ0) is 12.1. The average molecular weight is 227 g/mol. The molecular formula is C11H21N3O2. The van der Waals surface area contributed by atoms with Gasteiger partial charge in [0.15, 0.2) is 0 Å². The fraction of sp³-hybridized carbons (Fsp3) is 0.818. The molecule has 92 valence electrons. The van der Waals surface area contributed by atoms with Crippen molar-refractivity contribution < 1.29 is 9.59 Å². The van der Waals surface area contributed by atoms with E-state index in [0.29, 0.717) is 0 Å². The Hall–Kier alpha value is -1.26. The summed E-state index contributed by atoms with van der Waals surface area (Å²) in [6.45, 7) is 5.43. The highest BCUT2D eigenvalue weighted by Gasteiger charge is 2.26. The van der Waals surface area contributed by atoms with E-state index in [9.17, 15) is 9.59 Å². The van der Waals surface area contributed by atoms with Crippen LogP contribution in [0.1, 0.15) is 26.7 Å². The number of likely N-dealkylation sites (N-methyl/N-ethyl adjacent to an activating group) is 1. The molecule has 0 radical (unpaired) electrons. The first kappa shape index (κ1) is 12.8. The number of urea groups is 1. The number of likely N-dealkylation sites (tertiary alicyclic amines) is 1. The topological polar surface area (TPSA) is 61.4 Å². The summed E-state index contributed by atoms with van der Waals surface area (Å²) < 4.78 is 0. The summed E-state index contributed by atoms with van der Waals surface area (Å²) in [4.78, 5) is 25.1. The summed E-state index contributed by atoms with van der Waals surface area (Å²) in [5.41, 5.74) is 0. The summed E-state index contributed by atoms with van der Waals surface area (Å²) in [6.07, 6.45) is 2.11. The van der Waals surface area contributed by atoms with E-state index in [1.165, 1.54) is 0 Å². The van der Waals surface area contributed by atoms with Gasteiger partial charge in [-0.2, -0.15) is 0 Å². The van der Waals surface area contributed by atoms with Crippen LogP contribution in [0, 0.1) is 5.92 Å². The van der Waals surface area contributed by atoms with Gasteiger partial charge in [0.25, 0.3) is 0 Å². The Morgan fingerprint density at radius 2 is 1.75 bits per heavy atom. The number of rotatable bonds is 3. The summed E-state index contributed by atoms with van der Waals surface area (Å²) in [5.74, 6) is -0.0472. The van der Waals surface area contributed by atoms with E-state index in [1.807, 2.05) is 13.8 Å². The van der Waals surface area contributed by atoms with Crippen molar-refractivity contribution >= 4 is 11.9 Å². The molecule has 0 spiro atoms. The zero-order valence-corrected chi connectivity index (χ0v) is 10.2. The molecule has 1 fully saturated rings. The molecular weight excluding hydrogens is 206 g/mol. The molecule has 16 heavy (non-hydrogen) atoms. The highest BCUT2D eigenvalue weighted by molar-refractivity contribution is 5.87. The van der Waals surface area contributed by atoms with Crippen molar-refractivity contribution in [2.24, 2.45) is 5.92 Å². The number of hydrogen-bond donors (Lipinski definition) is 2. The van der Waals surface area contributed by atoms with Gasteiger partial charge in [0.05, 0.1) is 0 Å². The smallest absolute Gasteiger partial charge is 0.318 e. The van der Waals surface area contributed by atoms with Gasteiger partial charge < -0.3 is 15.5 Å². The Balaban J connectivity index is 2.53. The zero-order valence-electron chi connectivity index (χ0n) is 10.2. The minimum absolute atomic E-state index is 0.0894. The second-order valence-electron chi connectivity index (χ2n) is 4.48. The van der Waals surface area contributed by atoms with E-state index in [1.54, 1.807) is 11.9 Å². The van der Waals surface area contributed by atoms with Crippen molar-refractivity contribution in [1.82, 2.24) is 15.5 Å². The van der Waals surface area contributed by atoms with Crippen LogP contribution in [0.4, 0.5) is 4.79 Å². The second kappa shape index (κ2) is 5.72. The van der Waals surface area contributed by atoms with Gasteiger partial charge in [-0.05, 0) is 18.8 Å². The molecule has 2 N–H and O–H groups in total. The summed E-state index contributed by atoms with van der Waals surface area (Å²) >= 11 is 0. The standard InChI is InChI=1S/C11H21N3O2/c1-8(2)9(10(15)12-3)13-11(16)14-6-4-5-7-14/h8-9H,4-7H2,1-3H3,(H,12,15)(H,13,16). The number of carbonyl (C=O) groups is 2. The normalized spacial score (nSPS) is 17.4. The molecule has 0 aromatic rings. The lowest BCUT2D eigenvalue weighted by molar-refractivity contribution is -0.123. The molecule has 5 nitrogen and oxygen atoms in total. The first-order valence-corrected chi connectivity index (χ1v) is 5.83. The number of hydrogen-bond acceptors (Lipinski definition) is 2. The van der Waals surface area contributed by atoms with Gasteiger partial charge in [0.1, 0.15) is 6.04 Å². The van der Waals surface area contributed by atoms with Gasteiger partial charge in [-0.1, -0.05) is 13.8 Å². The number of carbonyl (C=O) groups excluding carboxylic acids is 2. The Morgan fingerprint density at radius 1 is 1.19 bits per heavy atom. The van der Waals surface area contributed by atoms with Crippen LogP contribution >= 0.6 is 0 Å². The predicted octanol–water partition coefficient (Wildman–Crippen LogP) is 0.562. The average Bonchev–Trinajstić information content (AvgIpc) is 2.77. The maximum atomic E-state index is 11.8. The van der Waals surface area contributed by atoms with Gasteiger partial charge in [0, 0.05) is 20.1 Å². The van der Waals surface area contributed by atoms with Crippen LogP contribution in [-0.2, 0) is 4.79 Å². The molecule has 1 heterocycles. The van der Waals surface area contributed by atoms with Crippen LogP contribution in [0.5, 0.6) is 0 Å².